The maximum atomic E-state index is 11.7. The zero-order valence-electron chi connectivity index (χ0n) is 9.93. The van der Waals surface area contributed by atoms with Crippen molar-refractivity contribution in [3.05, 3.63) is 40.8 Å². The van der Waals surface area contributed by atoms with Crippen LogP contribution in [0.4, 0.5) is 5.82 Å². The molecule has 0 radical (unpaired) electrons. The number of nitrogens with one attached hydrogen (secondary N) is 1. The molecular weight excluding hydrogens is 296 g/mol. The molecule has 0 bridgehead atoms. The summed E-state index contributed by atoms with van der Waals surface area (Å²) in [5.41, 5.74) is 0.928. The lowest BCUT2D eigenvalue weighted by Gasteiger charge is -2.07. The van der Waals surface area contributed by atoms with Crippen molar-refractivity contribution in [2.45, 2.75) is 19.9 Å². The maximum absolute atomic E-state index is 11.7. The Morgan fingerprint density at radius 2 is 2.39 bits per heavy atom. The monoisotopic (exact) mass is 308 g/mol. The van der Waals surface area contributed by atoms with E-state index in [0.29, 0.717) is 18.8 Å². The first-order valence-corrected chi connectivity index (χ1v) is 6.34. The van der Waals surface area contributed by atoms with Crippen LogP contribution in [0.1, 0.15) is 12.0 Å². The quantitative estimate of drug-likeness (QED) is 0.943. The molecule has 2 heterocycles. The predicted molar refractivity (Wildman–Crippen MR) is 72.1 cm³/mol. The van der Waals surface area contributed by atoms with Gasteiger partial charge in [0.2, 0.25) is 5.91 Å². The Bertz CT molecular complexity index is 539. The number of hydrogen-bond donors (Lipinski definition) is 1. The minimum atomic E-state index is -0.0663. The molecule has 0 spiro atoms. The lowest BCUT2D eigenvalue weighted by molar-refractivity contribution is -0.116. The number of nitrogens with zero attached hydrogens (tertiary/aromatic N) is 3. The average Bonchev–Trinajstić information content (AvgIpc) is 2.83. The fourth-order valence-corrected chi connectivity index (χ4v) is 1.96. The Morgan fingerprint density at radius 1 is 1.56 bits per heavy atom. The van der Waals surface area contributed by atoms with Crippen molar-refractivity contribution in [3.8, 4) is 0 Å². The second kappa shape index (κ2) is 5.77. The minimum Gasteiger partial charge on any atom is -0.310 e. The van der Waals surface area contributed by atoms with Gasteiger partial charge in [0.05, 0.1) is 0 Å². The fourth-order valence-electron chi connectivity index (χ4n) is 1.51. The van der Waals surface area contributed by atoms with Crippen LogP contribution in [-0.2, 0) is 11.3 Å². The molecule has 0 saturated heterocycles. The second-order valence-corrected chi connectivity index (χ2v) is 4.80. The summed E-state index contributed by atoms with van der Waals surface area (Å²) in [5.74, 6) is 0.534. The van der Waals surface area contributed by atoms with E-state index in [2.05, 4.69) is 31.3 Å². The molecule has 0 fully saturated rings. The molecule has 18 heavy (non-hydrogen) atoms. The van der Waals surface area contributed by atoms with Gasteiger partial charge in [0.1, 0.15) is 5.82 Å². The Morgan fingerprint density at radius 3 is 3.06 bits per heavy atom. The van der Waals surface area contributed by atoms with Crippen LogP contribution < -0.4 is 5.32 Å². The number of rotatable bonds is 4. The highest BCUT2D eigenvalue weighted by atomic mass is 79.9. The molecule has 5 nitrogen and oxygen atoms in total. The van der Waals surface area contributed by atoms with Crippen LogP contribution in [0, 0.1) is 6.92 Å². The molecular formula is C12H13BrN4O. The molecule has 0 aliphatic heterocycles. The topological polar surface area (TPSA) is 59.8 Å². The molecule has 0 atom stereocenters. The molecule has 2 rings (SSSR count). The van der Waals surface area contributed by atoms with Gasteiger partial charge in [0, 0.05) is 36.0 Å². The molecule has 2 aromatic rings. The first-order chi connectivity index (χ1) is 8.65. The largest absolute Gasteiger partial charge is 0.310 e. The summed E-state index contributed by atoms with van der Waals surface area (Å²) in [6, 6.07) is 3.74. The van der Waals surface area contributed by atoms with Crippen molar-refractivity contribution in [3.63, 3.8) is 0 Å². The Kier molecular flexibility index (Phi) is 4.09. The van der Waals surface area contributed by atoms with Crippen molar-refractivity contribution in [2.75, 3.05) is 5.32 Å². The lowest BCUT2D eigenvalue weighted by Crippen LogP contribution is -2.16. The number of anilines is 1. The number of hydrogen-bond acceptors (Lipinski definition) is 3. The van der Waals surface area contributed by atoms with E-state index in [1.807, 2.05) is 25.3 Å². The van der Waals surface area contributed by atoms with Gasteiger partial charge >= 0.3 is 0 Å². The van der Waals surface area contributed by atoms with Crippen LogP contribution >= 0.6 is 15.9 Å². The van der Waals surface area contributed by atoms with E-state index in [1.54, 1.807) is 17.1 Å². The van der Waals surface area contributed by atoms with Crippen molar-refractivity contribution < 1.29 is 4.79 Å². The van der Waals surface area contributed by atoms with Gasteiger partial charge in [0.25, 0.3) is 0 Å². The highest BCUT2D eigenvalue weighted by molar-refractivity contribution is 9.10. The Labute approximate surface area is 113 Å². The number of aryl methyl sites for hydroxylation is 2. The van der Waals surface area contributed by atoms with E-state index < -0.39 is 0 Å². The van der Waals surface area contributed by atoms with Gasteiger partial charge in [-0.25, -0.2) is 4.98 Å². The standard InChI is InChI=1S/C12H13BrN4O/c1-9-7-10(13)8-14-12(9)16-11(18)3-6-17-5-2-4-15-17/h2,4-5,7-8H,3,6H2,1H3,(H,14,16,18). The van der Waals surface area contributed by atoms with Crippen LogP contribution in [0.2, 0.25) is 0 Å². The fraction of sp³-hybridized carbons (Fsp3) is 0.250. The van der Waals surface area contributed by atoms with Gasteiger partial charge in [-0.3, -0.25) is 9.48 Å². The van der Waals surface area contributed by atoms with E-state index in [4.69, 9.17) is 0 Å². The highest BCUT2D eigenvalue weighted by Crippen LogP contribution is 2.16. The first kappa shape index (κ1) is 12.8. The molecule has 0 aliphatic rings. The summed E-state index contributed by atoms with van der Waals surface area (Å²) in [4.78, 5) is 15.9. The highest BCUT2D eigenvalue weighted by Gasteiger charge is 2.06. The molecule has 94 valence electrons. The number of carbonyl (C=O) groups is 1. The number of amides is 1. The number of halogens is 1. The van der Waals surface area contributed by atoms with Gasteiger partial charge < -0.3 is 5.32 Å². The third-order valence-corrected chi connectivity index (χ3v) is 2.86. The van der Waals surface area contributed by atoms with Gasteiger partial charge in [-0.2, -0.15) is 5.10 Å². The first-order valence-electron chi connectivity index (χ1n) is 5.54. The molecule has 6 heteroatoms. The predicted octanol–water partition coefficient (Wildman–Crippen LogP) is 2.38. The summed E-state index contributed by atoms with van der Waals surface area (Å²) in [5, 5.41) is 6.83. The molecule has 0 saturated carbocycles. The smallest absolute Gasteiger partial charge is 0.227 e. The molecule has 0 unspecified atom stereocenters. The number of carbonyl (C=O) groups excluding carboxylic acids is 1. The van der Waals surface area contributed by atoms with Crippen LogP contribution in [-0.4, -0.2) is 20.7 Å². The summed E-state index contributed by atoms with van der Waals surface area (Å²) in [7, 11) is 0. The third-order valence-electron chi connectivity index (χ3n) is 2.43. The summed E-state index contributed by atoms with van der Waals surface area (Å²) in [6.45, 7) is 2.47. The Balaban J connectivity index is 1.91. The van der Waals surface area contributed by atoms with E-state index in [1.165, 1.54) is 0 Å². The van der Waals surface area contributed by atoms with Crippen LogP contribution in [0.15, 0.2) is 35.2 Å². The second-order valence-electron chi connectivity index (χ2n) is 3.89. The van der Waals surface area contributed by atoms with Crippen molar-refractivity contribution in [2.24, 2.45) is 0 Å². The average molecular weight is 309 g/mol. The molecule has 0 aliphatic carbocycles. The van der Waals surface area contributed by atoms with Crippen molar-refractivity contribution in [1.82, 2.24) is 14.8 Å². The molecule has 2 aromatic heterocycles. The minimum absolute atomic E-state index is 0.0663. The molecule has 0 aromatic carbocycles. The number of aromatic nitrogens is 3. The zero-order valence-corrected chi connectivity index (χ0v) is 11.5. The van der Waals surface area contributed by atoms with E-state index >= 15 is 0 Å². The maximum Gasteiger partial charge on any atom is 0.227 e. The van der Waals surface area contributed by atoms with Crippen molar-refractivity contribution in [1.29, 1.82) is 0 Å². The van der Waals surface area contributed by atoms with E-state index in [-0.39, 0.29) is 5.91 Å². The summed E-state index contributed by atoms with van der Waals surface area (Å²) in [6.07, 6.45) is 5.56. The van der Waals surface area contributed by atoms with Gasteiger partial charge in [-0.1, -0.05) is 0 Å². The van der Waals surface area contributed by atoms with Crippen LogP contribution in [0.3, 0.4) is 0 Å². The van der Waals surface area contributed by atoms with Gasteiger partial charge in [0.15, 0.2) is 0 Å². The summed E-state index contributed by atoms with van der Waals surface area (Å²) < 4.78 is 2.62. The third kappa shape index (κ3) is 3.40. The SMILES string of the molecule is Cc1cc(Br)cnc1NC(=O)CCn1cccn1. The van der Waals surface area contributed by atoms with Gasteiger partial charge in [-0.15, -0.1) is 0 Å². The summed E-state index contributed by atoms with van der Waals surface area (Å²) >= 11 is 3.33. The normalized spacial score (nSPS) is 10.3. The molecule has 1 N–H and O–H groups in total. The molecule has 1 amide bonds. The zero-order chi connectivity index (χ0) is 13.0. The van der Waals surface area contributed by atoms with E-state index in [9.17, 15) is 4.79 Å². The van der Waals surface area contributed by atoms with Crippen LogP contribution in [0.25, 0.3) is 0 Å². The van der Waals surface area contributed by atoms with Crippen LogP contribution in [0.5, 0.6) is 0 Å². The van der Waals surface area contributed by atoms with Crippen molar-refractivity contribution >= 4 is 27.7 Å². The van der Waals surface area contributed by atoms with Gasteiger partial charge in [-0.05, 0) is 40.5 Å². The lowest BCUT2D eigenvalue weighted by atomic mass is 10.3. The number of pyridine rings is 1. The van der Waals surface area contributed by atoms with E-state index in [0.717, 1.165) is 10.0 Å². The Hall–Kier alpha value is -1.69.